The van der Waals surface area contributed by atoms with Crippen LogP contribution in [0, 0.1) is 5.92 Å². The van der Waals surface area contributed by atoms with Gasteiger partial charge < -0.3 is 42.7 Å². The van der Waals surface area contributed by atoms with E-state index in [4.69, 9.17) is 21.7 Å². The summed E-state index contributed by atoms with van der Waals surface area (Å²) in [6.45, 7) is 3.31. The summed E-state index contributed by atoms with van der Waals surface area (Å²) in [6, 6.07) is -5.76. The summed E-state index contributed by atoms with van der Waals surface area (Å²) in [7, 11) is 0. The first-order valence-corrected chi connectivity index (χ1v) is 10.8. The van der Waals surface area contributed by atoms with Crippen molar-refractivity contribution in [3.8, 4) is 0 Å². The summed E-state index contributed by atoms with van der Waals surface area (Å²) in [5, 5.41) is 33.8. The van der Waals surface area contributed by atoms with Crippen molar-refractivity contribution in [1.82, 2.24) is 16.0 Å². The third-order valence-electron chi connectivity index (χ3n) is 5.10. The number of carboxylic acids is 3. The highest BCUT2D eigenvalue weighted by molar-refractivity contribution is 5.95. The Kier molecular flexibility index (Phi) is 13.6. The summed E-state index contributed by atoms with van der Waals surface area (Å²) >= 11 is 0. The van der Waals surface area contributed by atoms with E-state index in [-0.39, 0.29) is 25.7 Å². The molecular weight excluding hydrogens is 470 g/mol. The fourth-order valence-corrected chi connectivity index (χ4v) is 2.83. The van der Waals surface area contributed by atoms with E-state index in [2.05, 4.69) is 16.0 Å². The minimum atomic E-state index is -1.71. The van der Waals surface area contributed by atoms with E-state index in [0.717, 1.165) is 0 Å². The molecule has 10 N–H and O–H groups in total. The molecule has 0 fully saturated rings. The lowest BCUT2D eigenvalue weighted by atomic mass is 9.97. The molecule has 0 rings (SSSR count). The monoisotopic (exact) mass is 503 g/mol. The normalized spacial score (nSPS) is 14.9. The maximum atomic E-state index is 12.9. The van der Waals surface area contributed by atoms with Crippen LogP contribution in [0.3, 0.4) is 0 Å². The maximum absolute atomic E-state index is 12.9. The van der Waals surface area contributed by atoms with Gasteiger partial charge in [0.1, 0.15) is 18.1 Å². The second-order valence-corrected chi connectivity index (χ2v) is 7.97. The molecule has 0 aromatic heterocycles. The Bertz CT molecular complexity index is 818. The van der Waals surface area contributed by atoms with Gasteiger partial charge in [-0.2, -0.15) is 0 Å². The molecule has 15 nitrogen and oxygen atoms in total. The van der Waals surface area contributed by atoms with Gasteiger partial charge in [-0.25, -0.2) is 4.79 Å². The second-order valence-electron chi connectivity index (χ2n) is 7.97. The molecule has 0 saturated heterocycles. The van der Waals surface area contributed by atoms with Gasteiger partial charge in [-0.3, -0.25) is 28.8 Å². The molecule has 0 heterocycles. The van der Waals surface area contributed by atoms with Gasteiger partial charge >= 0.3 is 17.9 Å². The van der Waals surface area contributed by atoms with Crippen LogP contribution in [0.4, 0.5) is 0 Å². The fraction of sp³-hybridized carbons (Fsp3) is 0.650. The number of hydrogen-bond donors (Lipinski definition) is 8. The van der Waals surface area contributed by atoms with Crippen LogP contribution in [0.5, 0.6) is 0 Å². The summed E-state index contributed by atoms with van der Waals surface area (Å²) in [6.07, 6.45) is -1.81. The van der Waals surface area contributed by atoms with Gasteiger partial charge in [-0.15, -0.1) is 0 Å². The zero-order valence-electron chi connectivity index (χ0n) is 19.5. The first-order valence-electron chi connectivity index (χ1n) is 10.8. The average Bonchev–Trinajstić information content (AvgIpc) is 2.76. The zero-order valence-corrected chi connectivity index (χ0v) is 19.5. The van der Waals surface area contributed by atoms with Crippen molar-refractivity contribution in [2.75, 3.05) is 0 Å². The molecule has 4 amide bonds. The third-order valence-corrected chi connectivity index (χ3v) is 5.10. The summed E-state index contributed by atoms with van der Waals surface area (Å²) < 4.78 is 0. The van der Waals surface area contributed by atoms with Gasteiger partial charge in [0.05, 0.1) is 12.5 Å². The summed E-state index contributed by atoms with van der Waals surface area (Å²) in [4.78, 5) is 82.0. The van der Waals surface area contributed by atoms with Gasteiger partial charge in [0.25, 0.3) is 0 Å². The van der Waals surface area contributed by atoms with Crippen LogP contribution in [0.25, 0.3) is 0 Å². The minimum absolute atomic E-state index is 0.193. The van der Waals surface area contributed by atoms with E-state index < -0.39 is 78.0 Å². The highest BCUT2D eigenvalue weighted by Gasteiger charge is 2.33. The lowest BCUT2D eigenvalue weighted by Crippen LogP contribution is -2.59. The Morgan fingerprint density at radius 1 is 0.771 bits per heavy atom. The van der Waals surface area contributed by atoms with Crippen molar-refractivity contribution in [1.29, 1.82) is 0 Å². The predicted molar refractivity (Wildman–Crippen MR) is 118 cm³/mol. The topological polar surface area (TPSA) is 268 Å². The van der Waals surface area contributed by atoms with Gasteiger partial charge in [0.2, 0.25) is 23.6 Å². The Hall–Kier alpha value is -3.75. The molecule has 0 aliphatic carbocycles. The molecule has 35 heavy (non-hydrogen) atoms. The lowest BCUT2D eigenvalue weighted by molar-refractivity contribution is -0.144. The maximum Gasteiger partial charge on any atom is 0.326 e. The summed E-state index contributed by atoms with van der Waals surface area (Å²) in [5.74, 6) is -8.33. The Morgan fingerprint density at radius 3 is 1.80 bits per heavy atom. The average molecular weight is 504 g/mol. The number of carbonyl (C=O) groups is 7. The van der Waals surface area contributed by atoms with Crippen molar-refractivity contribution < 1.29 is 48.9 Å². The number of primary amides is 1. The molecular formula is C20H33N5O10. The number of nitrogens with one attached hydrogen (secondary N) is 3. The van der Waals surface area contributed by atoms with Crippen LogP contribution in [-0.4, -0.2) is 81.0 Å². The number of aliphatic carboxylic acids is 3. The van der Waals surface area contributed by atoms with Crippen molar-refractivity contribution in [3.05, 3.63) is 0 Å². The molecule has 0 radical (unpaired) electrons. The fourth-order valence-electron chi connectivity index (χ4n) is 2.83. The van der Waals surface area contributed by atoms with Crippen LogP contribution >= 0.6 is 0 Å². The standard InChI is InChI=1S/C20H33N5O10/c1-3-9(2)16(25-17(31)10(21)4-7-14(27)28)19(33)24-12(8-15(29)30)18(32)23-11(20(34)35)5-6-13(22)26/h9-12,16H,3-8,21H2,1-2H3,(H2,22,26)(H,23,32)(H,24,33)(H,25,31)(H,27,28)(H,29,30)(H,34,35). The van der Waals surface area contributed by atoms with Gasteiger partial charge in [-0.1, -0.05) is 20.3 Å². The van der Waals surface area contributed by atoms with Crippen LogP contribution in [-0.2, 0) is 33.6 Å². The number of amides is 4. The van der Waals surface area contributed by atoms with Crippen LogP contribution in [0.1, 0.15) is 52.4 Å². The third kappa shape index (κ3) is 12.3. The molecule has 0 spiro atoms. The molecule has 15 heteroatoms. The molecule has 198 valence electrons. The Balaban J connectivity index is 5.56. The number of rotatable bonds is 17. The van der Waals surface area contributed by atoms with Gasteiger partial charge in [0.15, 0.2) is 0 Å². The van der Waals surface area contributed by atoms with E-state index in [0.29, 0.717) is 6.42 Å². The quantitative estimate of drug-likeness (QED) is 0.103. The van der Waals surface area contributed by atoms with Crippen molar-refractivity contribution >= 4 is 41.5 Å². The van der Waals surface area contributed by atoms with E-state index in [1.165, 1.54) is 0 Å². The second kappa shape index (κ2) is 15.2. The minimum Gasteiger partial charge on any atom is -0.481 e. The molecule has 0 aliphatic rings. The van der Waals surface area contributed by atoms with E-state index in [1.807, 2.05) is 0 Å². The Morgan fingerprint density at radius 2 is 1.34 bits per heavy atom. The zero-order chi connectivity index (χ0) is 27.3. The number of carbonyl (C=O) groups excluding carboxylic acids is 4. The Labute approximate surface area is 201 Å². The van der Waals surface area contributed by atoms with Crippen molar-refractivity contribution in [2.24, 2.45) is 17.4 Å². The van der Waals surface area contributed by atoms with Crippen LogP contribution in [0.15, 0.2) is 0 Å². The smallest absolute Gasteiger partial charge is 0.326 e. The van der Waals surface area contributed by atoms with Crippen LogP contribution < -0.4 is 27.4 Å². The first kappa shape index (κ1) is 31.2. The van der Waals surface area contributed by atoms with Gasteiger partial charge in [-0.05, 0) is 18.8 Å². The van der Waals surface area contributed by atoms with E-state index in [9.17, 15) is 38.7 Å². The molecule has 5 atom stereocenters. The van der Waals surface area contributed by atoms with Gasteiger partial charge in [0, 0.05) is 12.8 Å². The molecule has 5 unspecified atom stereocenters. The number of carboxylic acid groups (broad SMARTS) is 3. The van der Waals surface area contributed by atoms with E-state index >= 15 is 0 Å². The lowest BCUT2D eigenvalue weighted by Gasteiger charge is -2.27. The largest absolute Gasteiger partial charge is 0.481 e. The highest BCUT2D eigenvalue weighted by Crippen LogP contribution is 2.10. The SMILES string of the molecule is CCC(C)C(NC(=O)C(N)CCC(=O)O)C(=O)NC(CC(=O)O)C(=O)NC(CCC(N)=O)C(=O)O. The van der Waals surface area contributed by atoms with Crippen LogP contribution in [0.2, 0.25) is 0 Å². The predicted octanol–water partition coefficient (Wildman–Crippen LogP) is -2.50. The highest BCUT2D eigenvalue weighted by atomic mass is 16.4. The number of nitrogens with two attached hydrogens (primary N) is 2. The molecule has 0 aliphatic heterocycles. The molecule has 0 aromatic carbocycles. The molecule has 0 aromatic rings. The van der Waals surface area contributed by atoms with E-state index in [1.54, 1.807) is 13.8 Å². The number of hydrogen-bond acceptors (Lipinski definition) is 8. The summed E-state index contributed by atoms with van der Waals surface area (Å²) in [5.41, 5.74) is 10.6. The van der Waals surface area contributed by atoms with Crippen molar-refractivity contribution in [2.45, 2.75) is 76.5 Å². The molecule has 0 bridgehead atoms. The van der Waals surface area contributed by atoms with Crippen molar-refractivity contribution in [3.63, 3.8) is 0 Å². The molecule has 0 saturated carbocycles. The first-order chi connectivity index (χ1) is 16.2.